The molecule has 0 bridgehead atoms. The zero-order valence-corrected chi connectivity index (χ0v) is 17.4. The molecule has 0 unspecified atom stereocenters. The van der Waals surface area contributed by atoms with Crippen molar-refractivity contribution in [1.82, 2.24) is 23.9 Å². The number of aromatic nitrogens is 5. The highest BCUT2D eigenvalue weighted by Crippen LogP contribution is 2.41. The van der Waals surface area contributed by atoms with Crippen LogP contribution < -0.4 is 11.2 Å². The molecule has 4 aromatic rings. The number of nitrogens with zero attached hydrogens (tertiary/aromatic N) is 5. The predicted molar refractivity (Wildman–Crippen MR) is 116 cm³/mol. The Balaban J connectivity index is 1.49. The van der Waals surface area contributed by atoms with Crippen molar-refractivity contribution < 1.29 is 0 Å². The van der Waals surface area contributed by atoms with Gasteiger partial charge in [-0.15, -0.1) is 11.8 Å². The molecule has 0 aromatic carbocycles. The molecule has 0 amide bonds. The fraction of sp³-hybridized carbons (Fsp3) is 0.318. The van der Waals surface area contributed by atoms with Crippen molar-refractivity contribution in [2.45, 2.75) is 48.4 Å². The Hall–Kier alpha value is -3.38. The van der Waals surface area contributed by atoms with E-state index in [1.807, 2.05) is 35.0 Å². The maximum absolute atomic E-state index is 12.8. The van der Waals surface area contributed by atoms with E-state index in [9.17, 15) is 14.9 Å². The first-order valence-electron chi connectivity index (χ1n) is 10.3. The Kier molecular flexibility index (Phi) is 4.05. The fourth-order valence-corrected chi connectivity index (χ4v) is 4.99. The Morgan fingerprint density at radius 2 is 2.03 bits per heavy atom. The summed E-state index contributed by atoms with van der Waals surface area (Å²) in [7, 11) is 0. The SMILES string of the molecule is N#Cc1c(CSc2nc(C3CC3)nc3c2c(=O)[nH]c(=O)n3C2CC2)cn2ccccc12. The van der Waals surface area contributed by atoms with Crippen molar-refractivity contribution in [3.8, 4) is 6.07 Å². The smallest absolute Gasteiger partial charge is 0.322 e. The van der Waals surface area contributed by atoms with Gasteiger partial charge < -0.3 is 4.40 Å². The van der Waals surface area contributed by atoms with Crippen LogP contribution in [0.25, 0.3) is 16.6 Å². The van der Waals surface area contributed by atoms with Gasteiger partial charge in [-0.2, -0.15) is 5.26 Å². The van der Waals surface area contributed by atoms with Crippen LogP contribution in [0.1, 0.15) is 54.6 Å². The van der Waals surface area contributed by atoms with Gasteiger partial charge in [0.1, 0.15) is 22.3 Å². The first-order valence-corrected chi connectivity index (χ1v) is 11.3. The molecule has 4 aromatic heterocycles. The van der Waals surface area contributed by atoms with Crippen LogP contribution in [-0.4, -0.2) is 23.9 Å². The monoisotopic (exact) mass is 430 g/mol. The quantitative estimate of drug-likeness (QED) is 0.385. The summed E-state index contributed by atoms with van der Waals surface area (Å²) in [5.74, 6) is 1.48. The highest BCUT2D eigenvalue weighted by molar-refractivity contribution is 7.98. The van der Waals surface area contributed by atoms with Gasteiger partial charge in [0, 0.05) is 30.1 Å². The number of nitrogens with one attached hydrogen (secondary N) is 1. The first kappa shape index (κ1) is 18.4. The third-order valence-corrected chi connectivity index (χ3v) is 6.89. The van der Waals surface area contributed by atoms with Gasteiger partial charge in [-0.05, 0) is 43.4 Å². The average molecular weight is 430 g/mol. The Morgan fingerprint density at radius 1 is 1.19 bits per heavy atom. The standard InChI is InChI=1S/C22H18N6O2S/c23-9-15-13(10-27-8-2-1-3-16(15)27)11-31-21-17-19(24-18(25-21)12-4-5-12)28(14-6-7-14)22(30)26-20(17)29/h1-3,8,10,12,14H,4-7,11H2,(H,26,29,30). The van der Waals surface area contributed by atoms with Gasteiger partial charge in [-0.3, -0.25) is 14.3 Å². The second kappa shape index (κ2) is 6.82. The topological polar surface area (TPSA) is 109 Å². The fourth-order valence-electron chi connectivity index (χ4n) is 4.00. The molecule has 2 fully saturated rings. The molecular weight excluding hydrogens is 412 g/mol. The van der Waals surface area contributed by atoms with Gasteiger partial charge in [0.05, 0.1) is 11.1 Å². The number of rotatable bonds is 5. The second-order valence-electron chi connectivity index (χ2n) is 8.14. The summed E-state index contributed by atoms with van der Waals surface area (Å²) in [6, 6.07) is 8.13. The lowest BCUT2D eigenvalue weighted by molar-refractivity contribution is 0.691. The number of thioether (sulfide) groups is 1. The van der Waals surface area contributed by atoms with Crippen molar-refractivity contribution in [2.75, 3.05) is 0 Å². The molecule has 0 atom stereocenters. The van der Waals surface area contributed by atoms with E-state index in [-0.39, 0.29) is 12.0 Å². The minimum Gasteiger partial charge on any atom is -0.322 e. The van der Waals surface area contributed by atoms with Gasteiger partial charge >= 0.3 is 5.69 Å². The lowest BCUT2D eigenvalue weighted by Gasteiger charge is -2.11. The molecule has 0 spiro atoms. The third-order valence-electron chi connectivity index (χ3n) is 5.86. The van der Waals surface area contributed by atoms with E-state index >= 15 is 0 Å². The molecule has 4 heterocycles. The van der Waals surface area contributed by atoms with Crippen molar-refractivity contribution in [2.24, 2.45) is 0 Å². The first-order chi connectivity index (χ1) is 15.1. The van der Waals surface area contributed by atoms with Gasteiger partial charge in [-0.1, -0.05) is 6.07 Å². The number of hydrogen-bond acceptors (Lipinski definition) is 6. The number of fused-ring (bicyclic) bond motifs is 2. The van der Waals surface area contributed by atoms with Gasteiger partial charge in [0.25, 0.3) is 5.56 Å². The van der Waals surface area contributed by atoms with E-state index in [0.29, 0.717) is 33.2 Å². The Morgan fingerprint density at radius 3 is 2.77 bits per heavy atom. The van der Waals surface area contributed by atoms with E-state index in [2.05, 4.69) is 16.0 Å². The van der Waals surface area contributed by atoms with Gasteiger partial charge in [0.15, 0.2) is 5.65 Å². The minimum atomic E-state index is -0.454. The number of H-pyrrole nitrogens is 1. The van der Waals surface area contributed by atoms with Crippen LogP contribution in [0.2, 0.25) is 0 Å². The number of hydrogen-bond donors (Lipinski definition) is 1. The van der Waals surface area contributed by atoms with Crippen LogP contribution in [0, 0.1) is 11.3 Å². The summed E-state index contributed by atoms with van der Waals surface area (Å²) in [6.45, 7) is 0. The van der Waals surface area contributed by atoms with Crippen molar-refractivity contribution in [3.05, 3.63) is 68.4 Å². The van der Waals surface area contributed by atoms with Crippen molar-refractivity contribution in [1.29, 1.82) is 5.26 Å². The highest BCUT2D eigenvalue weighted by atomic mass is 32.2. The average Bonchev–Trinajstić information content (AvgIpc) is 3.68. The maximum atomic E-state index is 12.8. The molecule has 31 heavy (non-hydrogen) atoms. The number of nitriles is 1. The van der Waals surface area contributed by atoms with Crippen molar-refractivity contribution in [3.63, 3.8) is 0 Å². The summed E-state index contributed by atoms with van der Waals surface area (Å²) in [4.78, 5) is 37.1. The molecule has 0 radical (unpaired) electrons. The van der Waals surface area contributed by atoms with E-state index in [1.54, 1.807) is 4.57 Å². The number of aromatic amines is 1. The zero-order chi connectivity index (χ0) is 21.1. The summed E-state index contributed by atoms with van der Waals surface area (Å²) in [5.41, 5.74) is 1.94. The van der Waals surface area contributed by atoms with Crippen LogP contribution in [0.3, 0.4) is 0 Å². The number of pyridine rings is 1. The molecule has 2 aliphatic rings. The predicted octanol–water partition coefficient (Wildman–Crippen LogP) is 3.11. The summed E-state index contributed by atoms with van der Waals surface area (Å²) in [6.07, 6.45) is 7.72. The van der Waals surface area contributed by atoms with Crippen molar-refractivity contribution >= 4 is 28.3 Å². The summed E-state index contributed by atoms with van der Waals surface area (Å²) < 4.78 is 3.56. The maximum Gasteiger partial charge on any atom is 0.330 e. The second-order valence-corrected chi connectivity index (χ2v) is 9.11. The van der Waals surface area contributed by atoms with Crippen LogP contribution in [0.5, 0.6) is 0 Å². The molecule has 2 saturated carbocycles. The molecule has 0 saturated heterocycles. The molecule has 9 heteroatoms. The molecule has 2 aliphatic carbocycles. The summed E-state index contributed by atoms with van der Waals surface area (Å²) >= 11 is 1.42. The van der Waals surface area contributed by atoms with E-state index in [4.69, 9.17) is 4.98 Å². The summed E-state index contributed by atoms with van der Waals surface area (Å²) in [5, 5.41) is 10.6. The van der Waals surface area contributed by atoms with Crippen LogP contribution in [0.15, 0.2) is 45.2 Å². The molecular formula is C22H18N6O2S. The minimum absolute atomic E-state index is 0.0913. The highest BCUT2D eigenvalue weighted by Gasteiger charge is 2.32. The van der Waals surface area contributed by atoms with Crippen LogP contribution in [0.4, 0.5) is 0 Å². The van der Waals surface area contributed by atoms with E-state index in [1.165, 1.54) is 11.8 Å². The normalized spacial score (nSPS) is 16.1. The molecule has 6 rings (SSSR count). The zero-order valence-electron chi connectivity index (χ0n) is 16.5. The van der Waals surface area contributed by atoms with E-state index < -0.39 is 11.2 Å². The molecule has 0 aliphatic heterocycles. The van der Waals surface area contributed by atoms with E-state index in [0.717, 1.165) is 36.8 Å². The lowest BCUT2D eigenvalue weighted by Crippen LogP contribution is -2.31. The Bertz CT molecular complexity index is 1520. The largest absolute Gasteiger partial charge is 0.330 e. The van der Waals surface area contributed by atoms with Crippen LogP contribution in [-0.2, 0) is 5.75 Å². The van der Waals surface area contributed by atoms with Crippen LogP contribution >= 0.6 is 11.8 Å². The molecule has 154 valence electrons. The van der Waals surface area contributed by atoms with Gasteiger partial charge in [0.2, 0.25) is 0 Å². The lowest BCUT2D eigenvalue weighted by atomic mass is 10.2. The molecule has 8 nitrogen and oxygen atoms in total. The van der Waals surface area contributed by atoms with Gasteiger partial charge in [-0.25, -0.2) is 14.8 Å². The molecule has 1 N–H and O–H groups in total. The third kappa shape index (κ3) is 3.06. The Labute approximate surface area is 180 Å².